The summed E-state index contributed by atoms with van der Waals surface area (Å²) in [4.78, 5) is 6.71. The molecule has 3 N–H and O–H groups in total. The fourth-order valence-corrected chi connectivity index (χ4v) is 3.82. The molecule has 1 aromatic carbocycles. The molecular weight excluding hydrogens is 383 g/mol. The summed E-state index contributed by atoms with van der Waals surface area (Å²) < 4.78 is 15.6. The summed E-state index contributed by atoms with van der Waals surface area (Å²) in [6.45, 7) is 6.05. The number of pyridine rings is 1. The lowest BCUT2D eigenvalue weighted by Crippen LogP contribution is -2.37. The fourth-order valence-electron chi connectivity index (χ4n) is 3.82. The Labute approximate surface area is 175 Å². The number of anilines is 1. The summed E-state index contributed by atoms with van der Waals surface area (Å²) in [5, 5.41) is 20.7. The molecule has 1 aliphatic rings. The number of nitrogens with zero attached hydrogens (tertiary/aromatic N) is 4. The summed E-state index contributed by atoms with van der Waals surface area (Å²) in [6.07, 6.45) is 1.02. The predicted molar refractivity (Wildman–Crippen MR) is 115 cm³/mol. The third kappa shape index (κ3) is 4.35. The van der Waals surface area contributed by atoms with Gasteiger partial charge in [0, 0.05) is 43.5 Å². The highest BCUT2D eigenvalue weighted by molar-refractivity contribution is 5.83. The molecule has 158 valence electrons. The number of likely N-dealkylation sites (N-methyl/N-ethyl adjacent to an activating group) is 1. The van der Waals surface area contributed by atoms with Crippen LogP contribution < -0.4 is 10.6 Å². The smallest absolute Gasteiger partial charge is 0.128 e. The predicted octanol–water partition coefficient (Wildman–Crippen LogP) is 2.54. The van der Waals surface area contributed by atoms with Gasteiger partial charge in [0.25, 0.3) is 0 Å². The Hall–Kier alpha value is -2.81. The van der Waals surface area contributed by atoms with Gasteiger partial charge in [0.05, 0.1) is 12.2 Å². The van der Waals surface area contributed by atoms with Gasteiger partial charge < -0.3 is 15.7 Å². The van der Waals surface area contributed by atoms with Gasteiger partial charge in [-0.15, -0.1) is 0 Å². The van der Waals surface area contributed by atoms with Crippen LogP contribution >= 0.6 is 0 Å². The molecule has 0 spiro atoms. The lowest BCUT2D eigenvalue weighted by molar-refractivity contribution is 0.215. The van der Waals surface area contributed by atoms with E-state index in [0.29, 0.717) is 5.82 Å². The molecule has 0 saturated carbocycles. The Morgan fingerprint density at radius 3 is 2.70 bits per heavy atom. The Morgan fingerprint density at radius 1 is 1.17 bits per heavy atom. The van der Waals surface area contributed by atoms with Crippen molar-refractivity contribution in [2.24, 2.45) is 0 Å². The largest absolute Gasteiger partial charge is 0.374 e. The number of hydrogen-bond acceptors (Lipinski definition) is 6. The van der Waals surface area contributed by atoms with E-state index in [-0.39, 0.29) is 5.82 Å². The van der Waals surface area contributed by atoms with Crippen molar-refractivity contribution < 1.29 is 9.50 Å². The van der Waals surface area contributed by atoms with E-state index in [2.05, 4.69) is 25.2 Å². The molecular formula is C22H27FN6O. The maximum atomic E-state index is 13.5. The zero-order valence-electron chi connectivity index (χ0n) is 17.3. The van der Waals surface area contributed by atoms with Crippen LogP contribution in [-0.2, 0) is 13.1 Å². The second kappa shape index (κ2) is 8.91. The number of aliphatic hydroxyl groups excluding tert-OH is 1. The summed E-state index contributed by atoms with van der Waals surface area (Å²) in [6, 6.07) is 10.3. The Kier molecular flexibility index (Phi) is 6.08. The van der Waals surface area contributed by atoms with E-state index in [1.54, 1.807) is 25.3 Å². The molecule has 0 amide bonds. The molecule has 7 nitrogen and oxygen atoms in total. The highest BCUT2D eigenvalue weighted by Gasteiger charge is 2.26. The summed E-state index contributed by atoms with van der Waals surface area (Å²) >= 11 is 0. The highest BCUT2D eigenvalue weighted by atomic mass is 19.1. The fraction of sp³-hybridized carbons (Fsp3) is 0.364. The zero-order valence-corrected chi connectivity index (χ0v) is 17.3. The summed E-state index contributed by atoms with van der Waals surface area (Å²) in [5.74, 6) is 0.324. The van der Waals surface area contributed by atoms with Crippen LogP contribution in [0.3, 0.4) is 0 Å². The number of hydrogen-bond donors (Lipinski definition) is 3. The Balaban J connectivity index is 1.80. The van der Waals surface area contributed by atoms with Crippen LogP contribution in [0.5, 0.6) is 0 Å². The molecule has 1 aliphatic heterocycles. The van der Waals surface area contributed by atoms with Crippen molar-refractivity contribution in [3.8, 4) is 22.4 Å². The molecule has 0 aliphatic carbocycles. The normalized spacial score (nSPS) is 15.1. The van der Waals surface area contributed by atoms with Gasteiger partial charge in [0.15, 0.2) is 0 Å². The van der Waals surface area contributed by atoms with Gasteiger partial charge in [0.1, 0.15) is 23.6 Å². The van der Waals surface area contributed by atoms with Crippen molar-refractivity contribution in [3.63, 3.8) is 0 Å². The molecule has 0 fully saturated rings. The third-order valence-electron chi connectivity index (χ3n) is 5.26. The Morgan fingerprint density at radius 2 is 1.97 bits per heavy atom. The molecule has 3 aromatic rings. The van der Waals surface area contributed by atoms with E-state index in [1.807, 2.05) is 19.2 Å². The first-order valence-corrected chi connectivity index (χ1v) is 10.2. The van der Waals surface area contributed by atoms with Gasteiger partial charge in [-0.05, 0) is 55.9 Å². The second-order valence-corrected chi connectivity index (χ2v) is 7.53. The van der Waals surface area contributed by atoms with E-state index in [1.165, 1.54) is 12.1 Å². The minimum atomic E-state index is -0.706. The molecule has 0 radical (unpaired) electrons. The Bertz CT molecular complexity index is 1000. The SMILES string of the molecule is CNCCN1CCn2nc(-c3ccc(F)cc3)c(-c3ccnc(NC(C)O)c3)c2C1. The van der Waals surface area contributed by atoms with Gasteiger partial charge in [0.2, 0.25) is 0 Å². The lowest BCUT2D eigenvalue weighted by atomic mass is 9.98. The average molecular weight is 410 g/mol. The molecule has 4 rings (SSSR count). The maximum Gasteiger partial charge on any atom is 0.128 e. The number of aromatic nitrogens is 3. The van der Waals surface area contributed by atoms with Gasteiger partial charge in [-0.25, -0.2) is 9.37 Å². The molecule has 3 heterocycles. The summed E-state index contributed by atoms with van der Waals surface area (Å²) in [7, 11) is 1.96. The third-order valence-corrected chi connectivity index (χ3v) is 5.26. The number of halogens is 1. The number of nitrogens with one attached hydrogen (secondary N) is 2. The molecule has 8 heteroatoms. The van der Waals surface area contributed by atoms with Crippen molar-refractivity contribution >= 4 is 5.82 Å². The highest BCUT2D eigenvalue weighted by Crippen LogP contribution is 2.37. The first-order chi connectivity index (χ1) is 14.5. The number of benzene rings is 1. The van der Waals surface area contributed by atoms with Crippen molar-refractivity contribution in [1.82, 2.24) is 25.0 Å². The van der Waals surface area contributed by atoms with Gasteiger partial charge in [-0.2, -0.15) is 5.10 Å². The minimum Gasteiger partial charge on any atom is -0.374 e. The van der Waals surface area contributed by atoms with Crippen LogP contribution in [0.25, 0.3) is 22.4 Å². The summed E-state index contributed by atoms with van der Waals surface area (Å²) in [5.41, 5.74) is 4.81. The van der Waals surface area contributed by atoms with Gasteiger partial charge >= 0.3 is 0 Å². The van der Waals surface area contributed by atoms with E-state index in [0.717, 1.165) is 60.8 Å². The number of rotatable bonds is 7. The molecule has 1 atom stereocenters. The standard InChI is InChI=1S/C22H27FN6O/c1-15(30)26-20-13-17(7-8-25-20)21-19-14-28(10-9-24-2)11-12-29(19)27-22(21)16-3-5-18(23)6-4-16/h3-8,13,15,24,30H,9-12,14H2,1-2H3,(H,25,26). The second-order valence-electron chi connectivity index (χ2n) is 7.53. The van der Waals surface area contributed by atoms with Gasteiger partial charge in [-0.3, -0.25) is 9.58 Å². The van der Waals surface area contributed by atoms with Gasteiger partial charge in [-0.1, -0.05) is 0 Å². The van der Waals surface area contributed by atoms with Crippen LogP contribution in [0.4, 0.5) is 10.2 Å². The van der Waals surface area contributed by atoms with Crippen LogP contribution in [-0.4, -0.2) is 57.7 Å². The molecule has 2 aromatic heterocycles. The zero-order chi connectivity index (χ0) is 21.1. The topological polar surface area (TPSA) is 78.2 Å². The molecule has 0 bridgehead atoms. The number of aliphatic hydroxyl groups is 1. The van der Waals surface area contributed by atoms with Crippen molar-refractivity contribution in [2.75, 3.05) is 32.0 Å². The van der Waals surface area contributed by atoms with Crippen LogP contribution in [0.2, 0.25) is 0 Å². The average Bonchev–Trinajstić information content (AvgIpc) is 3.11. The maximum absolute atomic E-state index is 13.5. The van der Waals surface area contributed by atoms with Crippen molar-refractivity contribution in [1.29, 1.82) is 0 Å². The van der Waals surface area contributed by atoms with Crippen molar-refractivity contribution in [3.05, 3.63) is 54.1 Å². The first kappa shape index (κ1) is 20.5. The van der Waals surface area contributed by atoms with E-state index in [4.69, 9.17) is 5.10 Å². The van der Waals surface area contributed by atoms with Crippen molar-refractivity contribution in [2.45, 2.75) is 26.2 Å². The van der Waals surface area contributed by atoms with E-state index >= 15 is 0 Å². The minimum absolute atomic E-state index is 0.269. The molecule has 0 saturated heterocycles. The monoisotopic (exact) mass is 410 g/mol. The lowest BCUT2D eigenvalue weighted by Gasteiger charge is -2.28. The first-order valence-electron chi connectivity index (χ1n) is 10.2. The van der Waals surface area contributed by atoms with E-state index in [9.17, 15) is 9.50 Å². The van der Waals surface area contributed by atoms with Crippen LogP contribution in [0.15, 0.2) is 42.6 Å². The van der Waals surface area contributed by atoms with Crippen LogP contribution in [0, 0.1) is 5.82 Å². The van der Waals surface area contributed by atoms with Crippen LogP contribution in [0.1, 0.15) is 12.6 Å². The molecule has 1 unspecified atom stereocenters. The number of fused-ring (bicyclic) bond motifs is 1. The molecule has 30 heavy (non-hydrogen) atoms. The quantitative estimate of drug-likeness (QED) is 0.520. The van der Waals surface area contributed by atoms with E-state index < -0.39 is 6.23 Å².